The molecule has 2 rings (SSSR count). The Bertz CT molecular complexity index is 395. The average Bonchev–Trinajstić information content (AvgIpc) is 2.33. The van der Waals surface area contributed by atoms with Crippen LogP contribution in [-0.4, -0.2) is 55.8 Å². The second-order valence-corrected chi connectivity index (χ2v) is 6.37. The Kier molecular flexibility index (Phi) is 4.05. The van der Waals surface area contributed by atoms with E-state index in [4.69, 9.17) is 6.42 Å². The van der Waals surface area contributed by atoms with Gasteiger partial charge in [0.15, 0.2) is 0 Å². The van der Waals surface area contributed by atoms with Crippen molar-refractivity contribution in [2.24, 2.45) is 0 Å². The van der Waals surface area contributed by atoms with Gasteiger partial charge in [-0.1, -0.05) is 5.92 Å². The predicted molar refractivity (Wildman–Crippen MR) is 66.5 cm³/mol. The van der Waals surface area contributed by atoms with E-state index in [9.17, 15) is 8.42 Å². The van der Waals surface area contributed by atoms with E-state index in [1.165, 1.54) is 4.31 Å². The molecule has 0 radical (unpaired) electrons. The van der Waals surface area contributed by atoms with Gasteiger partial charge in [0.2, 0.25) is 0 Å². The van der Waals surface area contributed by atoms with Crippen LogP contribution in [0.15, 0.2) is 0 Å². The molecule has 0 aromatic heterocycles. The van der Waals surface area contributed by atoms with Crippen molar-refractivity contribution in [1.29, 1.82) is 0 Å². The van der Waals surface area contributed by atoms with Crippen LogP contribution in [0.1, 0.15) is 19.3 Å². The summed E-state index contributed by atoms with van der Waals surface area (Å²) in [5.41, 5.74) is 0. The van der Waals surface area contributed by atoms with Crippen LogP contribution in [-0.2, 0) is 10.2 Å². The number of hydrogen-bond acceptors (Lipinski definition) is 3. The molecule has 0 unspecified atom stereocenters. The highest BCUT2D eigenvalue weighted by Crippen LogP contribution is 2.23. The first kappa shape index (κ1) is 12.8. The summed E-state index contributed by atoms with van der Waals surface area (Å²) in [4.78, 5) is 0. The number of hydrogen-bond donors (Lipinski definition) is 1. The monoisotopic (exact) mass is 257 g/mol. The normalized spacial score (nSPS) is 27.7. The number of piperidine rings is 1. The Hall–Kier alpha value is -0.610. The smallest absolute Gasteiger partial charge is 0.283 e. The predicted octanol–water partition coefficient (Wildman–Crippen LogP) is -0.376. The topological polar surface area (TPSA) is 52.6 Å². The molecular weight excluding hydrogens is 238 g/mol. The van der Waals surface area contributed by atoms with Gasteiger partial charge in [-0.3, -0.25) is 0 Å². The molecule has 0 amide bonds. The zero-order valence-electron chi connectivity index (χ0n) is 9.93. The lowest BCUT2D eigenvalue weighted by Gasteiger charge is -2.39. The van der Waals surface area contributed by atoms with Gasteiger partial charge in [0.25, 0.3) is 10.2 Å². The van der Waals surface area contributed by atoms with E-state index in [0.717, 1.165) is 32.4 Å². The number of terminal acetylenes is 1. The van der Waals surface area contributed by atoms with Gasteiger partial charge >= 0.3 is 0 Å². The second kappa shape index (κ2) is 5.36. The maximum Gasteiger partial charge on any atom is 0.283 e. The Morgan fingerprint density at radius 2 is 2.00 bits per heavy atom. The van der Waals surface area contributed by atoms with Crippen molar-refractivity contribution in [3.63, 3.8) is 0 Å². The molecule has 17 heavy (non-hydrogen) atoms. The van der Waals surface area contributed by atoms with Crippen LogP contribution >= 0.6 is 0 Å². The summed E-state index contributed by atoms with van der Waals surface area (Å²) in [5.74, 6) is 2.42. The van der Waals surface area contributed by atoms with Gasteiger partial charge < -0.3 is 5.32 Å². The Morgan fingerprint density at radius 1 is 1.29 bits per heavy atom. The lowest BCUT2D eigenvalue weighted by molar-refractivity contribution is 0.215. The largest absolute Gasteiger partial charge is 0.317 e. The van der Waals surface area contributed by atoms with Crippen LogP contribution < -0.4 is 5.32 Å². The van der Waals surface area contributed by atoms with Crippen molar-refractivity contribution in [3.05, 3.63) is 0 Å². The fraction of sp³-hybridized carbons (Fsp3) is 0.818. The number of nitrogens with zero attached hydrogens (tertiary/aromatic N) is 2. The highest BCUT2D eigenvalue weighted by molar-refractivity contribution is 7.86. The van der Waals surface area contributed by atoms with Crippen LogP contribution in [0, 0.1) is 12.3 Å². The molecule has 5 nitrogen and oxygen atoms in total. The van der Waals surface area contributed by atoms with Gasteiger partial charge in [0.1, 0.15) is 0 Å². The second-order valence-electron chi connectivity index (χ2n) is 4.49. The molecule has 0 spiro atoms. The molecule has 0 bridgehead atoms. The molecule has 0 saturated carbocycles. The SMILES string of the molecule is C#CCN1CCCN(C2CCNCC2)S1(=O)=O. The van der Waals surface area contributed by atoms with Crippen LogP contribution in [0.5, 0.6) is 0 Å². The lowest BCUT2D eigenvalue weighted by atomic mass is 10.1. The van der Waals surface area contributed by atoms with E-state index in [2.05, 4.69) is 11.2 Å². The van der Waals surface area contributed by atoms with E-state index >= 15 is 0 Å². The summed E-state index contributed by atoms with van der Waals surface area (Å²) in [6.07, 6.45) is 7.87. The zero-order chi connectivity index (χ0) is 12.3. The molecule has 1 N–H and O–H groups in total. The Morgan fingerprint density at radius 3 is 2.65 bits per heavy atom. The number of nitrogens with one attached hydrogen (secondary N) is 1. The van der Waals surface area contributed by atoms with Gasteiger partial charge in [-0.15, -0.1) is 6.42 Å². The minimum Gasteiger partial charge on any atom is -0.317 e. The molecule has 96 valence electrons. The molecule has 2 heterocycles. The molecule has 6 heteroatoms. The first-order chi connectivity index (χ1) is 8.16. The van der Waals surface area contributed by atoms with Gasteiger partial charge in [-0.05, 0) is 32.4 Å². The minimum atomic E-state index is -3.33. The third kappa shape index (κ3) is 2.63. The Labute approximate surface area is 103 Å². The van der Waals surface area contributed by atoms with Gasteiger partial charge in [-0.2, -0.15) is 17.0 Å². The summed E-state index contributed by atoms with van der Waals surface area (Å²) < 4.78 is 27.7. The van der Waals surface area contributed by atoms with Crippen LogP contribution in [0.25, 0.3) is 0 Å². The molecule has 2 saturated heterocycles. The Balaban J connectivity index is 2.13. The van der Waals surface area contributed by atoms with Gasteiger partial charge in [0.05, 0.1) is 6.54 Å². The van der Waals surface area contributed by atoms with Crippen molar-refractivity contribution in [1.82, 2.24) is 13.9 Å². The summed E-state index contributed by atoms with van der Waals surface area (Å²) in [5, 5.41) is 3.25. The maximum absolute atomic E-state index is 12.3. The third-order valence-corrected chi connectivity index (χ3v) is 5.43. The van der Waals surface area contributed by atoms with Crippen molar-refractivity contribution < 1.29 is 8.42 Å². The summed E-state index contributed by atoms with van der Waals surface area (Å²) in [6, 6.07) is 0.141. The molecule has 2 fully saturated rings. The van der Waals surface area contributed by atoms with E-state index in [-0.39, 0.29) is 12.6 Å². The van der Waals surface area contributed by atoms with Crippen molar-refractivity contribution in [3.8, 4) is 12.3 Å². The van der Waals surface area contributed by atoms with Crippen LogP contribution in [0.3, 0.4) is 0 Å². The maximum atomic E-state index is 12.3. The van der Waals surface area contributed by atoms with E-state index in [1.54, 1.807) is 4.31 Å². The molecule has 0 aromatic carbocycles. The highest BCUT2D eigenvalue weighted by Gasteiger charge is 2.37. The zero-order valence-corrected chi connectivity index (χ0v) is 10.7. The molecule has 2 aliphatic rings. The summed E-state index contributed by atoms with van der Waals surface area (Å²) in [6.45, 7) is 3.16. The van der Waals surface area contributed by atoms with Crippen molar-refractivity contribution in [2.75, 3.05) is 32.7 Å². The molecule has 0 atom stereocenters. The average molecular weight is 257 g/mol. The number of rotatable bonds is 2. The van der Waals surface area contributed by atoms with E-state index in [0.29, 0.717) is 13.1 Å². The quantitative estimate of drug-likeness (QED) is 0.686. The minimum absolute atomic E-state index is 0.141. The van der Waals surface area contributed by atoms with Crippen molar-refractivity contribution in [2.45, 2.75) is 25.3 Å². The van der Waals surface area contributed by atoms with E-state index in [1.807, 2.05) is 0 Å². The summed E-state index contributed by atoms with van der Waals surface area (Å²) in [7, 11) is -3.33. The molecule has 0 aliphatic carbocycles. The molecule has 0 aromatic rings. The van der Waals surface area contributed by atoms with E-state index < -0.39 is 10.2 Å². The lowest BCUT2D eigenvalue weighted by Crippen LogP contribution is -2.55. The van der Waals surface area contributed by atoms with Crippen molar-refractivity contribution >= 4 is 10.2 Å². The van der Waals surface area contributed by atoms with Gasteiger partial charge in [-0.25, -0.2) is 0 Å². The summed E-state index contributed by atoms with van der Waals surface area (Å²) >= 11 is 0. The first-order valence-corrected chi connectivity index (χ1v) is 7.47. The third-order valence-electron chi connectivity index (χ3n) is 3.39. The molecule has 2 aliphatic heterocycles. The molecular formula is C11H19N3O2S. The van der Waals surface area contributed by atoms with Gasteiger partial charge in [0, 0.05) is 19.1 Å². The first-order valence-electron chi connectivity index (χ1n) is 6.07. The van der Waals surface area contributed by atoms with Crippen LogP contribution in [0.2, 0.25) is 0 Å². The highest BCUT2D eigenvalue weighted by atomic mass is 32.2. The standard InChI is InChI=1S/C11H19N3O2S/c1-2-8-13-9-3-10-14(17(13,15)16)11-4-6-12-7-5-11/h1,11-12H,3-10H2. The fourth-order valence-electron chi connectivity index (χ4n) is 2.51. The fourth-order valence-corrected chi connectivity index (χ4v) is 4.35. The van der Waals surface area contributed by atoms with Crippen LogP contribution in [0.4, 0.5) is 0 Å².